The van der Waals surface area contributed by atoms with E-state index in [0.29, 0.717) is 5.16 Å². The summed E-state index contributed by atoms with van der Waals surface area (Å²) in [5, 5.41) is 4.52. The fourth-order valence-corrected chi connectivity index (χ4v) is 2.53. The quantitative estimate of drug-likeness (QED) is 0.381. The number of carbonyl (C=O) groups is 1. The highest BCUT2D eigenvalue weighted by Gasteiger charge is 2.05. The average Bonchev–Trinajstić information content (AvgIpc) is 2.53. The fourth-order valence-electron chi connectivity index (χ4n) is 1.79. The van der Waals surface area contributed by atoms with E-state index in [2.05, 4.69) is 20.5 Å². The maximum Gasteiger partial charge on any atom is 0.250 e. The van der Waals surface area contributed by atoms with Gasteiger partial charge in [0, 0.05) is 11.4 Å². The molecule has 6 nitrogen and oxygen atoms in total. The summed E-state index contributed by atoms with van der Waals surface area (Å²) in [6.07, 6.45) is 1.58. The monoisotopic (exact) mass is 330 g/mol. The van der Waals surface area contributed by atoms with Gasteiger partial charge in [-0.05, 0) is 49.7 Å². The van der Waals surface area contributed by atoms with Crippen LogP contribution in [0.1, 0.15) is 17.0 Å². The van der Waals surface area contributed by atoms with Crippen molar-refractivity contribution < 1.29 is 9.53 Å². The number of aromatic nitrogens is 2. The van der Waals surface area contributed by atoms with Crippen LogP contribution in [0.3, 0.4) is 0 Å². The predicted octanol–water partition coefficient (Wildman–Crippen LogP) is 2.34. The molecule has 1 aromatic heterocycles. The van der Waals surface area contributed by atoms with Gasteiger partial charge in [-0.3, -0.25) is 4.79 Å². The number of amides is 1. The number of nitrogens with one attached hydrogen (secondary N) is 1. The first-order chi connectivity index (χ1) is 11.1. The molecule has 0 radical (unpaired) electrons. The Balaban J connectivity index is 1.81. The van der Waals surface area contributed by atoms with Gasteiger partial charge in [0.15, 0.2) is 5.16 Å². The molecule has 2 aromatic rings. The van der Waals surface area contributed by atoms with Crippen molar-refractivity contribution in [2.45, 2.75) is 19.0 Å². The van der Waals surface area contributed by atoms with Crippen molar-refractivity contribution in [2.75, 3.05) is 12.9 Å². The molecule has 0 aliphatic carbocycles. The minimum absolute atomic E-state index is 0.206. The largest absolute Gasteiger partial charge is 0.497 e. The Kier molecular flexibility index (Phi) is 6.10. The van der Waals surface area contributed by atoms with E-state index in [9.17, 15) is 4.79 Å². The first kappa shape index (κ1) is 17.0. The van der Waals surface area contributed by atoms with Gasteiger partial charge in [-0.1, -0.05) is 11.8 Å². The number of carbonyl (C=O) groups excluding carboxylic acids is 1. The number of nitrogens with zero attached hydrogens (tertiary/aromatic N) is 3. The standard InChI is InChI=1S/C16H18N4O2S/c1-11-8-12(2)19-16(18-11)23-10-15(21)20-17-9-13-4-6-14(22-3)7-5-13/h4-9H,10H2,1-3H3,(H,20,21). The normalized spacial score (nSPS) is 10.7. The maximum absolute atomic E-state index is 11.8. The van der Waals surface area contributed by atoms with Crippen molar-refractivity contribution >= 4 is 23.9 Å². The maximum atomic E-state index is 11.8. The lowest BCUT2D eigenvalue weighted by Gasteiger charge is -2.02. The summed E-state index contributed by atoms with van der Waals surface area (Å²) in [6, 6.07) is 9.26. The molecule has 2 rings (SSSR count). The molecule has 0 spiro atoms. The molecule has 0 unspecified atom stereocenters. The molecule has 7 heteroatoms. The molecule has 0 saturated carbocycles. The molecule has 0 atom stereocenters. The van der Waals surface area contributed by atoms with Crippen LogP contribution in [0.4, 0.5) is 0 Å². The zero-order chi connectivity index (χ0) is 16.7. The number of ether oxygens (including phenoxy) is 1. The molecule has 0 aliphatic heterocycles. The summed E-state index contributed by atoms with van der Waals surface area (Å²) in [7, 11) is 1.61. The van der Waals surface area contributed by atoms with E-state index in [4.69, 9.17) is 4.74 Å². The second-order valence-corrected chi connectivity index (χ2v) is 5.73. The molecule has 0 bridgehead atoms. The van der Waals surface area contributed by atoms with Gasteiger partial charge in [0.2, 0.25) is 0 Å². The summed E-state index contributed by atoms with van der Waals surface area (Å²) in [5.74, 6) is 0.779. The molecule has 1 amide bonds. The Morgan fingerprint density at radius 1 is 1.26 bits per heavy atom. The van der Waals surface area contributed by atoms with Crippen LogP contribution in [0.25, 0.3) is 0 Å². The second-order valence-electron chi connectivity index (χ2n) is 4.79. The Hall–Kier alpha value is -2.41. The SMILES string of the molecule is COc1ccc(C=NNC(=O)CSc2nc(C)cc(C)n2)cc1. The van der Waals surface area contributed by atoms with Gasteiger partial charge in [0.1, 0.15) is 5.75 Å². The zero-order valence-corrected chi connectivity index (χ0v) is 14.1. The highest BCUT2D eigenvalue weighted by molar-refractivity contribution is 7.99. The minimum atomic E-state index is -0.206. The van der Waals surface area contributed by atoms with Crippen LogP contribution in [0.15, 0.2) is 40.6 Å². The number of methoxy groups -OCH3 is 1. The Bertz CT molecular complexity index is 681. The van der Waals surface area contributed by atoms with E-state index < -0.39 is 0 Å². The fraction of sp³-hybridized carbons (Fsp3) is 0.250. The van der Waals surface area contributed by atoms with Gasteiger partial charge in [-0.25, -0.2) is 15.4 Å². The van der Waals surface area contributed by atoms with Crippen molar-refractivity contribution in [1.29, 1.82) is 0 Å². The van der Waals surface area contributed by atoms with Crippen LogP contribution in [-0.2, 0) is 4.79 Å². The van der Waals surface area contributed by atoms with Crippen molar-refractivity contribution in [1.82, 2.24) is 15.4 Å². The Morgan fingerprint density at radius 2 is 1.91 bits per heavy atom. The summed E-state index contributed by atoms with van der Waals surface area (Å²) in [5.41, 5.74) is 5.13. The molecule has 1 aromatic carbocycles. The molecule has 0 fully saturated rings. The lowest BCUT2D eigenvalue weighted by atomic mass is 10.2. The van der Waals surface area contributed by atoms with Crippen LogP contribution < -0.4 is 10.2 Å². The zero-order valence-electron chi connectivity index (χ0n) is 13.2. The highest BCUT2D eigenvalue weighted by atomic mass is 32.2. The van der Waals surface area contributed by atoms with Crippen LogP contribution >= 0.6 is 11.8 Å². The van der Waals surface area contributed by atoms with E-state index in [-0.39, 0.29) is 11.7 Å². The number of benzene rings is 1. The number of hydrogen-bond donors (Lipinski definition) is 1. The number of rotatable bonds is 6. The Morgan fingerprint density at radius 3 is 2.52 bits per heavy atom. The molecule has 23 heavy (non-hydrogen) atoms. The molecule has 1 N–H and O–H groups in total. The van der Waals surface area contributed by atoms with Crippen molar-refractivity contribution in [3.8, 4) is 5.75 Å². The molecule has 120 valence electrons. The second kappa shape index (κ2) is 8.28. The van der Waals surface area contributed by atoms with Crippen LogP contribution in [-0.4, -0.2) is 35.0 Å². The van der Waals surface area contributed by atoms with Gasteiger partial charge < -0.3 is 4.74 Å². The Labute approximate surface area is 139 Å². The third-order valence-electron chi connectivity index (χ3n) is 2.81. The van der Waals surface area contributed by atoms with Crippen LogP contribution in [0, 0.1) is 13.8 Å². The average molecular weight is 330 g/mol. The molecule has 0 aliphatic rings. The van der Waals surface area contributed by atoms with E-state index in [0.717, 1.165) is 22.7 Å². The van der Waals surface area contributed by atoms with E-state index >= 15 is 0 Å². The minimum Gasteiger partial charge on any atom is -0.497 e. The van der Waals surface area contributed by atoms with E-state index in [1.54, 1.807) is 13.3 Å². The summed E-state index contributed by atoms with van der Waals surface area (Å²) in [6.45, 7) is 3.80. The third kappa shape index (κ3) is 5.71. The lowest BCUT2D eigenvalue weighted by Crippen LogP contribution is -2.19. The van der Waals surface area contributed by atoms with Crippen LogP contribution in [0.5, 0.6) is 5.75 Å². The molecule has 1 heterocycles. The predicted molar refractivity (Wildman–Crippen MR) is 91.0 cm³/mol. The van der Waals surface area contributed by atoms with Crippen molar-refractivity contribution in [3.63, 3.8) is 0 Å². The summed E-state index contributed by atoms with van der Waals surface area (Å²) < 4.78 is 5.07. The smallest absolute Gasteiger partial charge is 0.250 e. The first-order valence-corrected chi connectivity index (χ1v) is 7.96. The number of thioether (sulfide) groups is 1. The molecular weight excluding hydrogens is 312 g/mol. The van der Waals surface area contributed by atoms with Gasteiger partial charge in [-0.2, -0.15) is 5.10 Å². The number of hydrazone groups is 1. The van der Waals surface area contributed by atoms with Gasteiger partial charge >= 0.3 is 0 Å². The van der Waals surface area contributed by atoms with Gasteiger partial charge in [0.05, 0.1) is 19.1 Å². The van der Waals surface area contributed by atoms with Crippen molar-refractivity contribution in [2.24, 2.45) is 5.10 Å². The van der Waals surface area contributed by atoms with Crippen LogP contribution in [0.2, 0.25) is 0 Å². The lowest BCUT2D eigenvalue weighted by molar-refractivity contribution is -0.118. The molecular formula is C16H18N4O2S. The number of hydrogen-bond acceptors (Lipinski definition) is 6. The first-order valence-electron chi connectivity index (χ1n) is 6.98. The van der Waals surface area contributed by atoms with Crippen molar-refractivity contribution in [3.05, 3.63) is 47.3 Å². The third-order valence-corrected chi connectivity index (χ3v) is 3.66. The highest BCUT2D eigenvalue weighted by Crippen LogP contribution is 2.13. The van der Waals surface area contributed by atoms with Gasteiger partial charge in [-0.15, -0.1) is 0 Å². The van der Waals surface area contributed by atoms with E-state index in [1.807, 2.05) is 44.2 Å². The number of aryl methyl sites for hydroxylation is 2. The summed E-state index contributed by atoms with van der Waals surface area (Å²) >= 11 is 1.28. The topological polar surface area (TPSA) is 76.5 Å². The van der Waals surface area contributed by atoms with Gasteiger partial charge in [0.25, 0.3) is 5.91 Å². The summed E-state index contributed by atoms with van der Waals surface area (Å²) in [4.78, 5) is 20.3. The van der Waals surface area contributed by atoms with E-state index in [1.165, 1.54) is 11.8 Å². The molecule has 0 saturated heterocycles.